The second-order valence-electron chi connectivity index (χ2n) is 2.72. The van der Waals surface area contributed by atoms with E-state index < -0.39 is 5.97 Å². The Morgan fingerprint density at radius 3 is 2.67 bits per heavy atom. The Bertz CT molecular complexity index is 423. The van der Waals surface area contributed by atoms with Gasteiger partial charge in [-0.15, -0.1) is 0 Å². The van der Waals surface area contributed by atoms with Crippen molar-refractivity contribution in [3.63, 3.8) is 0 Å². The number of carboxylic acids is 1. The van der Waals surface area contributed by atoms with Gasteiger partial charge in [-0.3, -0.25) is 0 Å². The zero-order valence-electron chi connectivity index (χ0n) is 7.65. The third kappa shape index (κ3) is 4.19. The first-order valence-electron chi connectivity index (χ1n) is 4.12. The van der Waals surface area contributed by atoms with Crippen molar-refractivity contribution < 1.29 is 9.90 Å². The maximum Gasteiger partial charge on any atom is 0.328 e. The first-order chi connectivity index (χ1) is 7.09. The minimum absolute atomic E-state index is 0.569. The van der Waals surface area contributed by atoms with Crippen LogP contribution in [0.4, 0.5) is 0 Å². The number of aliphatic carboxylic acids is 1. The second-order valence-corrected chi connectivity index (χ2v) is 3.57. The van der Waals surface area contributed by atoms with Gasteiger partial charge in [-0.1, -0.05) is 41.4 Å². The average molecular weight is 243 g/mol. The van der Waals surface area contributed by atoms with Gasteiger partial charge in [0.15, 0.2) is 0 Å². The Kier molecular flexibility index (Phi) is 4.40. The minimum Gasteiger partial charge on any atom is -0.478 e. The molecule has 0 spiro atoms. The van der Waals surface area contributed by atoms with Crippen molar-refractivity contribution in [1.29, 1.82) is 0 Å². The Morgan fingerprint density at radius 2 is 2.00 bits per heavy atom. The molecule has 0 radical (unpaired) electrons. The summed E-state index contributed by atoms with van der Waals surface area (Å²) in [5.41, 5.74) is 0.749. The largest absolute Gasteiger partial charge is 0.478 e. The normalized spacial score (nSPS) is 11.3. The summed E-state index contributed by atoms with van der Waals surface area (Å²) in [6.07, 6.45) is 5.73. The summed E-state index contributed by atoms with van der Waals surface area (Å²) >= 11 is 11.7. The van der Waals surface area contributed by atoms with Crippen LogP contribution in [0.5, 0.6) is 0 Å². The van der Waals surface area contributed by atoms with Crippen molar-refractivity contribution in [2.45, 2.75) is 0 Å². The van der Waals surface area contributed by atoms with E-state index >= 15 is 0 Å². The highest BCUT2D eigenvalue weighted by Gasteiger charge is 1.96. The van der Waals surface area contributed by atoms with E-state index in [1.807, 2.05) is 0 Å². The van der Waals surface area contributed by atoms with Crippen LogP contribution in [0, 0.1) is 0 Å². The monoisotopic (exact) mass is 242 g/mol. The van der Waals surface area contributed by atoms with Crippen LogP contribution in [-0.4, -0.2) is 11.1 Å². The van der Waals surface area contributed by atoms with Gasteiger partial charge in [-0.05, 0) is 23.8 Å². The lowest BCUT2D eigenvalue weighted by Crippen LogP contribution is -1.84. The standard InChI is InChI=1S/C11H8Cl2O2/c12-9-5-6-10(13)8(7-9)3-1-2-4-11(14)15/h1-7H,(H,14,15)/b3-1+,4-2+. The molecule has 0 saturated heterocycles. The van der Waals surface area contributed by atoms with Crippen molar-refractivity contribution >= 4 is 35.2 Å². The highest BCUT2D eigenvalue weighted by atomic mass is 35.5. The van der Waals surface area contributed by atoms with Crippen LogP contribution >= 0.6 is 23.2 Å². The molecular formula is C11H8Cl2O2. The molecule has 1 aromatic rings. The number of halogens is 2. The van der Waals surface area contributed by atoms with Crippen LogP contribution in [0.1, 0.15) is 5.56 Å². The summed E-state index contributed by atoms with van der Waals surface area (Å²) in [7, 11) is 0. The molecule has 0 unspecified atom stereocenters. The summed E-state index contributed by atoms with van der Waals surface area (Å²) in [5, 5.41) is 9.49. The van der Waals surface area contributed by atoms with Crippen LogP contribution in [0.25, 0.3) is 6.08 Å². The third-order valence-electron chi connectivity index (χ3n) is 1.58. The minimum atomic E-state index is -0.989. The van der Waals surface area contributed by atoms with Crippen molar-refractivity contribution in [3.8, 4) is 0 Å². The van der Waals surface area contributed by atoms with E-state index in [9.17, 15) is 4.79 Å². The SMILES string of the molecule is O=C(O)/C=C/C=C/c1cc(Cl)ccc1Cl. The van der Waals surface area contributed by atoms with Crippen LogP contribution < -0.4 is 0 Å². The van der Waals surface area contributed by atoms with Gasteiger partial charge in [-0.25, -0.2) is 4.79 Å². The van der Waals surface area contributed by atoms with Gasteiger partial charge in [0.25, 0.3) is 0 Å². The van der Waals surface area contributed by atoms with Crippen LogP contribution in [-0.2, 0) is 4.79 Å². The van der Waals surface area contributed by atoms with Gasteiger partial charge < -0.3 is 5.11 Å². The van der Waals surface area contributed by atoms with Crippen LogP contribution in [0.3, 0.4) is 0 Å². The lowest BCUT2D eigenvalue weighted by molar-refractivity contribution is -0.131. The lowest BCUT2D eigenvalue weighted by Gasteiger charge is -1.97. The lowest BCUT2D eigenvalue weighted by atomic mass is 10.2. The molecule has 15 heavy (non-hydrogen) atoms. The van der Waals surface area contributed by atoms with Crippen molar-refractivity contribution in [3.05, 3.63) is 52.0 Å². The zero-order valence-corrected chi connectivity index (χ0v) is 9.16. The summed E-state index contributed by atoms with van der Waals surface area (Å²) in [6, 6.07) is 5.08. The first-order valence-corrected chi connectivity index (χ1v) is 4.88. The molecule has 0 aliphatic carbocycles. The van der Waals surface area contributed by atoms with E-state index in [0.29, 0.717) is 10.0 Å². The molecule has 0 amide bonds. The van der Waals surface area contributed by atoms with Gasteiger partial charge in [0, 0.05) is 16.1 Å². The van der Waals surface area contributed by atoms with Gasteiger partial charge in [0.05, 0.1) is 0 Å². The van der Waals surface area contributed by atoms with Gasteiger partial charge in [0.1, 0.15) is 0 Å². The number of carbonyl (C=O) groups is 1. The predicted molar refractivity (Wildman–Crippen MR) is 62.3 cm³/mol. The van der Waals surface area contributed by atoms with Crippen molar-refractivity contribution in [1.82, 2.24) is 0 Å². The Hall–Kier alpha value is -1.25. The topological polar surface area (TPSA) is 37.3 Å². The van der Waals surface area contributed by atoms with Crippen LogP contribution in [0.2, 0.25) is 10.0 Å². The molecule has 0 aromatic heterocycles. The maximum absolute atomic E-state index is 10.2. The molecule has 0 atom stereocenters. The molecule has 0 aliphatic heterocycles. The fourth-order valence-corrected chi connectivity index (χ4v) is 1.30. The van der Waals surface area contributed by atoms with Crippen molar-refractivity contribution in [2.24, 2.45) is 0 Å². The number of carboxylic acid groups (broad SMARTS) is 1. The summed E-state index contributed by atoms with van der Waals surface area (Å²) in [5.74, 6) is -0.989. The van der Waals surface area contributed by atoms with Gasteiger partial charge in [0.2, 0.25) is 0 Å². The molecule has 78 valence electrons. The first kappa shape index (κ1) is 11.8. The smallest absolute Gasteiger partial charge is 0.328 e. The molecule has 1 rings (SSSR count). The Morgan fingerprint density at radius 1 is 1.27 bits per heavy atom. The molecule has 4 heteroatoms. The quantitative estimate of drug-likeness (QED) is 0.649. The maximum atomic E-state index is 10.2. The second kappa shape index (κ2) is 5.59. The summed E-state index contributed by atoms with van der Waals surface area (Å²) in [4.78, 5) is 10.2. The Labute approximate surface area is 97.4 Å². The van der Waals surface area contributed by atoms with E-state index in [2.05, 4.69) is 0 Å². The van der Waals surface area contributed by atoms with Gasteiger partial charge >= 0.3 is 5.97 Å². The molecule has 0 bridgehead atoms. The summed E-state index contributed by atoms with van der Waals surface area (Å²) in [6.45, 7) is 0. The molecule has 0 saturated carbocycles. The number of benzene rings is 1. The average Bonchev–Trinajstić information content (AvgIpc) is 2.17. The number of allylic oxidation sites excluding steroid dienone is 2. The number of rotatable bonds is 3. The highest BCUT2D eigenvalue weighted by molar-refractivity contribution is 6.34. The fourth-order valence-electron chi connectivity index (χ4n) is 0.939. The van der Waals surface area contributed by atoms with Crippen LogP contribution in [0.15, 0.2) is 36.4 Å². The molecule has 0 aliphatic rings. The molecular weight excluding hydrogens is 235 g/mol. The van der Waals surface area contributed by atoms with E-state index in [0.717, 1.165) is 11.6 Å². The molecule has 0 heterocycles. The predicted octanol–water partition coefficient (Wildman–Crippen LogP) is 3.65. The van der Waals surface area contributed by atoms with E-state index in [4.69, 9.17) is 28.3 Å². The number of hydrogen-bond acceptors (Lipinski definition) is 1. The molecule has 2 nitrogen and oxygen atoms in total. The Balaban J connectivity index is 2.80. The highest BCUT2D eigenvalue weighted by Crippen LogP contribution is 2.21. The fraction of sp³-hybridized carbons (Fsp3) is 0. The van der Waals surface area contributed by atoms with Gasteiger partial charge in [-0.2, -0.15) is 0 Å². The molecule has 1 aromatic carbocycles. The zero-order chi connectivity index (χ0) is 11.3. The molecule has 0 fully saturated rings. The van der Waals surface area contributed by atoms with E-state index in [1.54, 1.807) is 30.4 Å². The molecule has 1 N–H and O–H groups in total. The van der Waals surface area contributed by atoms with Crippen molar-refractivity contribution in [2.75, 3.05) is 0 Å². The number of hydrogen-bond donors (Lipinski definition) is 1. The third-order valence-corrected chi connectivity index (χ3v) is 2.16. The van der Waals surface area contributed by atoms with E-state index in [-0.39, 0.29) is 0 Å². The van der Waals surface area contributed by atoms with E-state index in [1.165, 1.54) is 6.08 Å². The summed E-state index contributed by atoms with van der Waals surface area (Å²) < 4.78 is 0.